The minimum atomic E-state index is -4.50. The number of phosphoric ester groups is 1. The zero-order valence-electron chi connectivity index (χ0n) is 13.1. The number of nitrogens with one attached hydrogen (secondary N) is 1. The number of hydrogen-bond donors (Lipinski definition) is 3. The van der Waals surface area contributed by atoms with Gasteiger partial charge in [0.25, 0.3) is 0 Å². The van der Waals surface area contributed by atoms with Crippen LogP contribution in [-0.4, -0.2) is 54.8 Å². The number of nitrogens with two attached hydrogens (primary N) is 1. The van der Waals surface area contributed by atoms with Gasteiger partial charge >= 0.3 is 19.8 Å². The van der Waals surface area contributed by atoms with Crippen LogP contribution in [0.25, 0.3) is 0 Å². The maximum Gasteiger partial charge on any atom is 0.472 e. The summed E-state index contributed by atoms with van der Waals surface area (Å²) in [6, 6.07) is 0. The van der Waals surface area contributed by atoms with Crippen molar-refractivity contribution in [3.8, 4) is 0 Å². The van der Waals surface area contributed by atoms with Gasteiger partial charge in [-0.05, 0) is 0 Å². The topological polar surface area (TPSA) is 163 Å². The number of ether oxygens (including phenoxy) is 2. The number of esters is 2. The van der Waals surface area contributed by atoms with Gasteiger partial charge in [0, 0.05) is 27.3 Å². The Kier molecular flexibility index (Phi) is 8.95. The highest BCUT2D eigenvalue weighted by molar-refractivity contribution is 7.47. The SMILES string of the molecule is CC(=O)NCCOP(=O)(O)OC[C@@](N)(COC(C)=O)OC(C)=O. The molecule has 0 radical (unpaired) electrons. The van der Waals surface area contributed by atoms with E-state index in [0.29, 0.717) is 0 Å². The molecule has 4 N–H and O–H groups in total. The fourth-order valence-corrected chi connectivity index (χ4v) is 2.01. The fourth-order valence-electron chi connectivity index (χ4n) is 1.23. The molecule has 0 aromatic rings. The average molecular weight is 356 g/mol. The molecule has 2 atom stereocenters. The molecule has 0 aliphatic rings. The normalized spacial score (nSPS) is 15.9. The molecule has 0 saturated heterocycles. The number of amides is 1. The quantitative estimate of drug-likeness (QED) is 0.192. The summed E-state index contributed by atoms with van der Waals surface area (Å²) in [5.74, 6) is -1.83. The number of rotatable bonds is 10. The van der Waals surface area contributed by atoms with Gasteiger partial charge in [-0.1, -0.05) is 0 Å². The molecule has 11 nitrogen and oxygen atoms in total. The van der Waals surface area contributed by atoms with Crippen LogP contribution in [0.1, 0.15) is 20.8 Å². The molecule has 0 fully saturated rings. The van der Waals surface area contributed by atoms with E-state index < -0.39 is 38.7 Å². The highest BCUT2D eigenvalue weighted by Gasteiger charge is 2.35. The molecular formula is C11H21N2O9P. The molecule has 0 spiro atoms. The highest BCUT2D eigenvalue weighted by Crippen LogP contribution is 2.43. The van der Waals surface area contributed by atoms with Crippen LogP contribution in [0.3, 0.4) is 0 Å². The molecule has 0 heterocycles. The van der Waals surface area contributed by atoms with Gasteiger partial charge in [-0.15, -0.1) is 0 Å². The van der Waals surface area contributed by atoms with Gasteiger partial charge in [0.2, 0.25) is 11.6 Å². The van der Waals surface area contributed by atoms with Crippen molar-refractivity contribution in [3.63, 3.8) is 0 Å². The van der Waals surface area contributed by atoms with Gasteiger partial charge in [-0.25, -0.2) is 4.57 Å². The standard InChI is InChI=1S/C11H21N2O9P/c1-8(14)13-4-5-20-23(17,18)21-7-11(12,22-10(3)16)6-19-9(2)15/h4-7,12H2,1-3H3,(H,13,14)(H,17,18)/t11-/m1/s1. The molecule has 0 aliphatic heterocycles. The molecule has 12 heteroatoms. The van der Waals surface area contributed by atoms with E-state index in [9.17, 15) is 23.8 Å². The first-order chi connectivity index (χ1) is 10.5. The Bertz CT molecular complexity index is 484. The molecule has 1 unspecified atom stereocenters. The molecule has 134 valence electrons. The Morgan fingerprint density at radius 2 is 1.74 bits per heavy atom. The molecular weight excluding hydrogens is 335 g/mol. The van der Waals surface area contributed by atoms with Crippen molar-refractivity contribution < 1.29 is 42.4 Å². The lowest BCUT2D eigenvalue weighted by Crippen LogP contribution is -2.52. The molecule has 1 amide bonds. The predicted octanol–water partition coefficient (Wildman–Crippen LogP) is -0.963. The predicted molar refractivity (Wildman–Crippen MR) is 75.7 cm³/mol. The summed E-state index contributed by atoms with van der Waals surface area (Å²) in [4.78, 5) is 41.9. The van der Waals surface area contributed by atoms with Crippen molar-refractivity contribution >= 4 is 25.7 Å². The summed E-state index contributed by atoms with van der Waals surface area (Å²) >= 11 is 0. The van der Waals surface area contributed by atoms with E-state index >= 15 is 0 Å². The monoisotopic (exact) mass is 356 g/mol. The fraction of sp³-hybridized carbons (Fsp3) is 0.727. The van der Waals surface area contributed by atoms with Crippen LogP contribution in [0.4, 0.5) is 0 Å². The Morgan fingerprint density at radius 3 is 2.22 bits per heavy atom. The maximum absolute atomic E-state index is 11.6. The minimum absolute atomic E-state index is 0.00555. The first kappa shape index (κ1) is 21.5. The third-order valence-electron chi connectivity index (χ3n) is 2.07. The second-order valence-corrected chi connectivity index (χ2v) is 5.95. The maximum atomic E-state index is 11.6. The van der Waals surface area contributed by atoms with E-state index in [0.717, 1.165) is 13.8 Å². The molecule has 0 aromatic heterocycles. The summed E-state index contributed by atoms with van der Waals surface area (Å²) in [6.45, 7) is 1.80. The van der Waals surface area contributed by atoms with E-state index in [4.69, 9.17) is 10.5 Å². The highest BCUT2D eigenvalue weighted by atomic mass is 31.2. The lowest BCUT2D eigenvalue weighted by molar-refractivity contribution is -0.174. The average Bonchev–Trinajstić information content (AvgIpc) is 2.39. The van der Waals surface area contributed by atoms with E-state index in [2.05, 4.69) is 19.1 Å². The lowest BCUT2D eigenvalue weighted by Gasteiger charge is -2.28. The van der Waals surface area contributed by atoms with E-state index in [1.54, 1.807) is 0 Å². The Labute approximate surface area is 133 Å². The third-order valence-corrected chi connectivity index (χ3v) is 3.03. The van der Waals surface area contributed by atoms with Crippen molar-refractivity contribution in [2.24, 2.45) is 5.73 Å². The first-order valence-corrected chi connectivity index (χ1v) is 7.93. The molecule has 0 rings (SSSR count). The van der Waals surface area contributed by atoms with E-state index in [1.807, 2.05) is 0 Å². The van der Waals surface area contributed by atoms with Gasteiger partial charge in [-0.3, -0.25) is 29.2 Å². The van der Waals surface area contributed by atoms with Crippen molar-refractivity contribution in [1.29, 1.82) is 0 Å². The smallest absolute Gasteiger partial charge is 0.460 e. The Hall–Kier alpha value is -1.52. The van der Waals surface area contributed by atoms with Gasteiger partial charge in [0.1, 0.15) is 13.2 Å². The van der Waals surface area contributed by atoms with Gasteiger partial charge < -0.3 is 19.7 Å². The molecule has 0 aliphatic carbocycles. The summed E-state index contributed by atoms with van der Waals surface area (Å²) in [5, 5.41) is 2.35. The second kappa shape index (κ2) is 9.58. The van der Waals surface area contributed by atoms with Crippen molar-refractivity contribution in [3.05, 3.63) is 0 Å². The number of phosphoric acid groups is 1. The molecule has 23 heavy (non-hydrogen) atoms. The van der Waals surface area contributed by atoms with Gasteiger partial charge in [-0.2, -0.15) is 0 Å². The van der Waals surface area contributed by atoms with Crippen LogP contribution in [0, 0.1) is 0 Å². The number of carbonyl (C=O) groups excluding carboxylic acids is 3. The summed E-state index contributed by atoms with van der Waals surface area (Å²) < 4.78 is 30.2. The first-order valence-electron chi connectivity index (χ1n) is 6.44. The Morgan fingerprint density at radius 1 is 1.13 bits per heavy atom. The van der Waals surface area contributed by atoms with Crippen LogP contribution in [0.15, 0.2) is 0 Å². The van der Waals surface area contributed by atoms with Crippen molar-refractivity contribution in [1.82, 2.24) is 5.32 Å². The van der Waals surface area contributed by atoms with Crippen LogP contribution in [0.2, 0.25) is 0 Å². The van der Waals surface area contributed by atoms with Crippen LogP contribution >= 0.6 is 7.82 Å². The number of carbonyl (C=O) groups is 3. The van der Waals surface area contributed by atoms with E-state index in [1.165, 1.54) is 6.92 Å². The Balaban J connectivity index is 4.50. The lowest BCUT2D eigenvalue weighted by atomic mass is 10.3. The molecule has 0 saturated carbocycles. The zero-order chi connectivity index (χ0) is 18.1. The van der Waals surface area contributed by atoms with Gasteiger partial charge in [0.15, 0.2) is 0 Å². The number of hydrogen-bond acceptors (Lipinski definition) is 9. The minimum Gasteiger partial charge on any atom is -0.460 e. The summed E-state index contributed by atoms with van der Waals surface area (Å²) in [5.41, 5.74) is 3.71. The summed E-state index contributed by atoms with van der Waals surface area (Å²) in [7, 11) is -4.50. The van der Waals surface area contributed by atoms with E-state index in [-0.39, 0.29) is 19.1 Å². The molecule has 0 aromatic carbocycles. The third kappa shape index (κ3) is 11.7. The van der Waals surface area contributed by atoms with Crippen molar-refractivity contribution in [2.75, 3.05) is 26.4 Å². The van der Waals surface area contributed by atoms with Crippen LogP contribution < -0.4 is 11.1 Å². The van der Waals surface area contributed by atoms with Gasteiger partial charge in [0.05, 0.1) is 6.61 Å². The van der Waals surface area contributed by atoms with Crippen molar-refractivity contribution in [2.45, 2.75) is 26.5 Å². The second-order valence-electron chi connectivity index (χ2n) is 4.50. The zero-order valence-corrected chi connectivity index (χ0v) is 14.0. The summed E-state index contributed by atoms with van der Waals surface area (Å²) in [6.07, 6.45) is 0. The molecule has 0 bridgehead atoms. The largest absolute Gasteiger partial charge is 0.472 e. The van der Waals surface area contributed by atoms with Crippen LogP contribution in [-0.2, 0) is 37.5 Å². The van der Waals surface area contributed by atoms with Crippen LogP contribution in [0.5, 0.6) is 0 Å².